The van der Waals surface area contributed by atoms with E-state index < -0.39 is 0 Å². The van der Waals surface area contributed by atoms with E-state index in [9.17, 15) is 0 Å². The van der Waals surface area contributed by atoms with Gasteiger partial charge in [0.1, 0.15) is 0 Å². The van der Waals surface area contributed by atoms with Gasteiger partial charge in [0.25, 0.3) is 0 Å². The highest BCUT2D eigenvalue weighted by atomic mass is 16.2. The molecule has 1 saturated carbocycles. The van der Waals surface area contributed by atoms with E-state index in [0.29, 0.717) is 0 Å². The van der Waals surface area contributed by atoms with Crippen molar-refractivity contribution in [2.24, 2.45) is 5.92 Å². The monoisotopic (exact) mass is 352 g/mol. The van der Waals surface area contributed by atoms with E-state index >= 15 is 0 Å². The van der Waals surface area contributed by atoms with Crippen molar-refractivity contribution in [3.8, 4) is 0 Å². The molecule has 0 heterocycles. The van der Waals surface area contributed by atoms with Gasteiger partial charge in [-0.15, -0.1) is 0 Å². The van der Waals surface area contributed by atoms with Gasteiger partial charge in [-0.05, 0) is 45.4 Å². The number of hydrogen-bond donors (Lipinski definition) is 1. The number of allylic oxidation sites excluding steroid dienone is 14. The fraction of sp³-hybridized carbons (Fsp3) is 0.440. The summed E-state index contributed by atoms with van der Waals surface area (Å²) in [7, 11) is 0. The molecular formula is C25H36O. The van der Waals surface area contributed by atoms with Gasteiger partial charge in [0.15, 0.2) is 0 Å². The van der Waals surface area contributed by atoms with E-state index in [0.717, 1.165) is 18.8 Å². The van der Waals surface area contributed by atoms with Gasteiger partial charge in [-0.1, -0.05) is 103 Å². The molecule has 1 nitrogen and oxygen atoms in total. The summed E-state index contributed by atoms with van der Waals surface area (Å²) in [5, 5.41) is 8.70. The summed E-state index contributed by atoms with van der Waals surface area (Å²) in [6.45, 7) is 4.48. The average molecular weight is 353 g/mol. The second-order valence-corrected chi connectivity index (χ2v) is 7.00. The fourth-order valence-electron chi connectivity index (χ4n) is 2.87. The number of aliphatic hydroxyl groups is 1. The Kier molecular flexibility index (Phi) is 13.1. The Morgan fingerprint density at radius 3 is 2.04 bits per heavy atom. The van der Waals surface area contributed by atoms with Gasteiger partial charge in [0.05, 0.1) is 0 Å². The summed E-state index contributed by atoms with van der Waals surface area (Å²) in [5.41, 5.74) is 2.47. The smallest absolute Gasteiger partial charge is 0.0433 e. The molecule has 26 heavy (non-hydrogen) atoms. The van der Waals surface area contributed by atoms with Crippen LogP contribution in [0.15, 0.2) is 84.1 Å². The maximum absolute atomic E-state index is 8.70. The summed E-state index contributed by atoms with van der Waals surface area (Å²) in [6, 6.07) is 0. The third-order valence-corrected chi connectivity index (χ3v) is 4.47. The first-order valence-corrected chi connectivity index (χ1v) is 10.0. The molecule has 0 aliphatic heterocycles. The summed E-state index contributed by atoms with van der Waals surface area (Å²) < 4.78 is 0. The van der Waals surface area contributed by atoms with E-state index in [1.165, 1.54) is 43.3 Å². The van der Waals surface area contributed by atoms with Crippen molar-refractivity contribution in [3.63, 3.8) is 0 Å². The Balaban J connectivity index is 2.32. The number of unbranched alkanes of at least 4 members (excludes halogenated alkanes) is 1. The molecule has 0 unspecified atom stereocenters. The van der Waals surface area contributed by atoms with E-state index in [1.807, 2.05) is 12.2 Å². The highest BCUT2D eigenvalue weighted by molar-refractivity contribution is 5.29. The van der Waals surface area contributed by atoms with Crippen LogP contribution in [0.2, 0.25) is 0 Å². The SMILES string of the molecule is CC(/C=C/C=C/CCCO)=C\C=C\C=C(C)\C=C\C=C\C1CCCCC1. The van der Waals surface area contributed by atoms with Crippen LogP contribution in [0.25, 0.3) is 0 Å². The first-order chi connectivity index (χ1) is 12.7. The Morgan fingerprint density at radius 1 is 0.808 bits per heavy atom. The summed E-state index contributed by atoms with van der Waals surface area (Å²) in [6.07, 6.45) is 34.2. The van der Waals surface area contributed by atoms with Crippen molar-refractivity contribution in [2.45, 2.75) is 58.8 Å². The van der Waals surface area contributed by atoms with Crippen molar-refractivity contribution in [2.75, 3.05) is 6.61 Å². The maximum atomic E-state index is 8.70. The Morgan fingerprint density at radius 2 is 1.42 bits per heavy atom. The largest absolute Gasteiger partial charge is 0.396 e. The van der Waals surface area contributed by atoms with Gasteiger partial charge in [-0.3, -0.25) is 0 Å². The Bertz CT molecular complexity index is 561. The molecule has 142 valence electrons. The standard InChI is InChI=1S/C25H36O/c1-23(15-7-4-3-5-14-22-26)16-10-11-17-24(2)18-12-13-21-25-19-8-6-9-20-25/h3-4,7,10-13,15-18,21,25-26H,5-6,8-9,14,19-20,22H2,1-2H3/b4-3+,11-10+,15-7+,18-12+,21-13+,23-16+,24-17+. The predicted octanol–water partition coefficient (Wildman–Crippen LogP) is 7.01. The molecule has 0 aromatic carbocycles. The molecule has 1 fully saturated rings. The van der Waals surface area contributed by atoms with Gasteiger partial charge < -0.3 is 5.11 Å². The second kappa shape index (κ2) is 15.4. The van der Waals surface area contributed by atoms with Crippen LogP contribution in [0.5, 0.6) is 0 Å². The van der Waals surface area contributed by atoms with Crippen molar-refractivity contribution in [1.82, 2.24) is 0 Å². The second-order valence-electron chi connectivity index (χ2n) is 7.00. The van der Waals surface area contributed by atoms with Gasteiger partial charge >= 0.3 is 0 Å². The number of rotatable bonds is 10. The Hall–Kier alpha value is -1.86. The highest BCUT2D eigenvalue weighted by Gasteiger charge is 2.08. The Labute approximate surface area is 160 Å². The van der Waals surface area contributed by atoms with E-state index in [1.54, 1.807) is 0 Å². The molecule has 1 N–H and O–H groups in total. The van der Waals surface area contributed by atoms with Crippen molar-refractivity contribution >= 4 is 0 Å². The lowest BCUT2D eigenvalue weighted by atomic mass is 9.89. The lowest BCUT2D eigenvalue weighted by molar-refractivity contribution is 0.289. The van der Waals surface area contributed by atoms with E-state index in [2.05, 4.69) is 74.6 Å². The lowest BCUT2D eigenvalue weighted by Gasteiger charge is -2.17. The number of hydrogen-bond acceptors (Lipinski definition) is 1. The minimum atomic E-state index is 0.261. The molecule has 0 bridgehead atoms. The zero-order valence-electron chi connectivity index (χ0n) is 16.6. The van der Waals surface area contributed by atoms with Crippen LogP contribution in [0.4, 0.5) is 0 Å². The molecular weight excluding hydrogens is 316 g/mol. The van der Waals surface area contributed by atoms with E-state index in [-0.39, 0.29) is 6.61 Å². The van der Waals surface area contributed by atoms with Crippen molar-refractivity contribution in [3.05, 3.63) is 84.1 Å². The van der Waals surface area contributed by atoms with Crippen LogP contribution in [0.3, 0.4) is 0 Å². The zero-order chi connectivity index (χ0) is 18.9. The molecule has 0 aromatic rings. The predicted molar refractivity (Wildman–Crippen MR) is 116 cm³/mol. The molecule has 0 radical (unpaired) electrons. The molecule has 1 aliphatic rings. The minimum absolute atomic E-state index is 0.261. The van der Waals surface area contributed by atoms with Crippen LogP contribution < -0.4 is 0 Å². The molecule has 1 rings (SSSR count). The maximum Gasteiger partial charge on any atom is 0.0433 e. The highest BCUT2D eigenvalue weighted by Crippen LogP contribution is 2.24. The molecule has 1 aliphatic carbocycles. The third-order valence-electron chi connectivity index (χ3n) is 4.47. The molecule has 0 saturated heterocycles. The molecule has 1 heteroatoms. The van der Waals surface area contributed by atoms with E-state index in [4.69, 9.17) is 5.11 Å². The normalized spacial score (nSPS) is 18.6. The minimum Gasteiger partial charge on any atom is -0.396 e. The first kappa shape index (κ1) is 22.2. The first-order valence-electron chi connectivity index (χ1n) is 10.0. The average Bonchev–Trinajstić information content (AvgIpc) is 2.66. The van der Waals surface area contributed by atoms with Crippen LogP contribution in [0, 0.1) is 5.92 Å². The molecule has 0 atom stereocenters. The van der Waals surface area contributed by atoms with Gasteiger partial charge in [0, 0.05) is 6.61 Å². The van der Waals surface area contributed by atoms with Crippen LogP contribution >= 0.6 is 0 Å². The van der Waals surface area contributed by atoms with Gasteiger partial charge in [-0.25, -0.2) is 0 Å². The van der Waals surface area contributed by atoms with Crippen LogP contribution in [0.1, 0.15) is 58.8 Å². The fourth-order valence-corrected chi connectivity index (χ4v) is 2.87. The van der Waals surface area contributed by atoms with Crippen LogP contribution in [-0.2, 0) is 0 Å². The number of aliphatic hydroxyl groups excluding tert-OH is 1. The summed E-state index contributed by atoms with van der Waals surface area (Å²) in [5.74, 6) is 0.795. The van der Waals surface area contributed by atoms with Gasteiger partial charge in [0.2, 0.25) is 0 Å². The topological polar surface area (TPSA) is 20.2 Å². The van der Waals surface area contributed by atoms with Crippen LogP contribution in [-0.4, -0.2) is 11.7 Å². The van der Waals surface area contributed by atoms with Gasteiger partial charge in [-0.2, -0.15) is 0 Å². The van der Waals surface area contributed by atoms with Crippen molar-refractivity contribution in [1.29, 1.82) is 0 Å². The summed E-state index contributed by atoms with van der Waals surface area (Å²) >= 11 is 0. The molecule has 0 aromatic heterocycles. The molecule has 0 spiro atoms. The van der Waals surface area contributed by atoms with Crippen molar-refractivity contribution < 1.29 is 5.11 Å². The third kappa shape index (κ3) is 12.5. The zero-order valence-corrected chi connectivity index (χ0v) is 16.6. The quantitative estimate of drug-likeness (QED) is 0.331. The summed E-state index contributed by atoms with van der Waals surface area (Å²) in [4.78, 5) is 0. The lowest BCUT2D eigenvalue weighted by Crippen LogP contribution is -2.02. The molecule has 0 amide bonds.